The van der Waals surface area contributed by atoms with Gasteiger partial charge in [0.05, 0.1) is 18.0 Å². The van der Waals surface area contributed by atoms with Gasteiger partial charge in [-0.1, -0.05) is 23.2 Å². The Morgan fingerprint density at radius 2 is 2.00 bits per heavy atom. The van der Waals surface area contributed by atoms with Gasteiger partial charge in [0.1, 0.15) is 5.75 Å². The molecule has 0 aliphatic carbocycles. The molecule has 0 spiro atoms. The topological polar surface area (TPSA) is 72.3 Å². The van der Waals surface area contributed by atoms with Crippen LogP contribution in [0.1, 0.15) is 10.4 Å². The molecular weight excluding hydrogens is 279 g/mol. The highest BCUT2D eigenvalue weighted by molar-refractivity contribution is 6.31. The molecule has 0 unspecified atom stereocenters. The molecule has 0 saturated carbocycles. The Bertz CT molecular complexity index is 605. The molecule has 7 heteroatoms. The maximum Gasteiger partial charge on any atom is 0.335 e. The molecule has 0 radical (unpaired) electrons. The molecule has 1 N–H and O–H groups in total. The maximum absolute atomic E-state index is 10.8. The lowest BCUT2D eigenvalue weighted by Crippen LogP contribution is -1.97. The number of benzene rings is 1. The van der Waals surface area contributed by atoms with E-state index in [4.69, 9.17) is 33.0 Å². The second kappa shape index (κ2) is 5.20. The molecule has 1 aromatic carbocycles. The van der Waals surface area contributed by atoms with Gasteiger partial charge in [-0.05, 0) is 18.2 Å². The third-order valence-corrected chi connectivity index (χ3v) is 2.32. The standard InChI is InChI=1S/C11H6Cl2N2O3/c12-7-1-6(11(16)17)2-8(3-7)18-10-5-14-4-9(13)15-10/h1-5H,(H,16,17). The number of carboxylic acid groups (broad SMARTS) is 1. The van der Waals surface area contributed by atoms with E-state index in [1.807, 2.05) is 0 Å². The van der Waals surface area contributed by atoms with Crippen molar-refractivity contribution >= 4 is 29.2 Å². The van der Waals surface area contributed by atoms with Gasteiger partial charge in [-0.25, -0.2) is 4.79 Å². The third kappa shape index (κ3) is 3.09. The molecule has 0 amide bonds. The summed E-state index contributed by atoms with van der Waals surface area (Å²) >= 11 is 11.4. The van der Waals surface area contributed by atoms with Gasteiger partial charge in [0, 0.05) is 5.02 Å². The monoisotopic (exact) mass is 284 g/mol. The molecule has 1 heterocycles. The van der Waals surface area contributed by atoms with Crippen LogP contribution in [0, 0.1) is 0 Å². The summed E-state index contributed by atoms with van der Waals surface area (Å²) in [5, 5.41) is 9.30. The fourth-order valence-corrected chi connectivity index (χ4v) is 1.61. The third-order valence-electron chi connectivity index (χ3n) is 1.92. The minimum atomic E-state index is -1.10. The van der Waals surface area contributed by atoms with Crippen LogP contribution in [-0.4, -0.2) is 21.0 Å². The summed E-state index contributed by atoms with van der Waals surface area (Å²) in [6.45, 7) is 0. The van der Waals surface area contributed by atoms with Crippen LogP contribution in [0.2, 0.25) is 10.2 Å². The number of aromatic carboxylic acids is 1. The first kappa shape index (κ1) is 12.6. The Balaban J connectivity index is 2.31. The van der Waals surface area contributed by atoms with Crippen LogP contribution in [0.5, 0.6) is 11.6 Å². The fourth-order valence-electron chi connectivity index (χ4n) is 1.24. The van der Waals surface area contributed by atoms with E-state index in [0.717, 1.165) is 0 Å². The van der Waals surface area contributed by atoms with Crippen molar-refractivity contribution in [2.45, 2.75) is 0 Å². The number of ether oxygens (including phenoxy) is 1. The number of halogens is 2. The molecule has 0 bridgehead atoms. The first-order valence-corrected chi connectivity index (χ1v) is 5.49. The summed E-state index contributed by atoms with van der Waals surface area (Å²) in [5.41, 5.74) is 0.0208. The maximum atomic E-state index is 10.8. The number of nitrogens with zero attached hydrogens (tertiary/aromatic N) is 2. The average Bonchev–Trinajstić information content (AvgIpc) is 2.28. The van der Waals surface area contributed by atoms with Crippen molar-refractivity contribution in [1.82, 2.24) is 9.97 Å². The lowest BCUT2D eigenvalue weighted by atomic mass is 10.2. The lowest BCUT2D eigenvalue weighted by Gasteiger charge is -2.06. The number of aromatic nitrogens is 2. The zero-order chi connectivity index (χ0) is 13.1. The largest absolute Gasteiger partial charge is 0.478 e. The predicted molar refractivity (Wildman–Crippen MR) is 65.5 cm³/mol. The molecule has 92 valence electrons. The van der Waals surface area contributed by atoms with Crippen LogP contribution in [0.25, 0.3) is 0 Å². The molecule has 5 nitrogen and oxygen atoms in total. The van der Waals surface area contributed by atoms with Crippen LogP contribution in [0.15, 0.2) is 30.6 Å². The van der Waals surface area contributed by atoms with E-state index in [-0.39, 0.29) is 27.4 Å². The summed E-state index contributed by atoms with van der Waals surface area (Å²) in [6, 6.07) is 4.12. The molecule has 0 saturated heterocycles. The van der Waals surface area contributed by atoms with E-state index >= 15 is 0 Å². The van der Waals surface area contributed by atoms with Gasteiger partial charge in [0.2, 0.25) is 5.88 Å². The van der Waals surface area contributed by atoms with Crippen molar-refractivity contribution < 1.29 is 14.6 Å². The van der Waals surface area contributed by atoms with Crippen LogP contribution < -0.4 is 4.74 Å². The van der Waals surface area contributed by atoms with E-state index in [1.54, 1.807) is 0 Å². The van der Waals surface area contributed by atoms with Crippen molar-refractivity contribution in [1.29, 1.82) is 0 Å². The summed E-state index contributed by atoms with van der Waals surface area (Å²) in [7, 11) is 0. The van der Waals surface area contributed by atoms with Gasteiger partial charge in [-0.2, -0.15) is 4.98 Å². The molecule has 0 atom stereocenters. The van der Waals surface area contributed by atoms with Crippen LogP contribution in [0.3, 0.4) is 0 Å². The van der Waals surface area contributed by atoms with Crippen molar-refractivity contribution in [3.05, 3.63) is 46.3 Å². The average molecular weight is 285 g/mol. The van der Waals surface area contributed by atoms with E-state index < -0.39 is 5.97 Å². The molecular formula is C11H6Cl2N2O3. The number of hydrogen-bond donors (Lipinski definition) is 1. The van der Waals surface area contributed by atoms with Crippen molar-refractivity contribution in [3.8, 4) is 11.6 Å². The zero-order valence-electron chi connectivity index (χ0n) is 8.80. The second-order valence-electron chi connectivity index (χ2n) is 3.26. The van der Waals surface area contributed by atoms with Gasteiger partial charge in [-0.3, -0.25) is 4.98 Å². The Morgan fingerprint density at radius 3 is 2.67 bits per heavy atom. The van der Waals surface area contributed by atoms with E-state index in [9.17, 15) is 4.79 Å². The molecule has 0 aliphatic rings. The molecule has 0 aliphatic heterocycles. The first-order valence-electron chi connectivity index (χ1n) is 4.74. The van der Waals surface area contributed by atoms with Crippen molar-refractivity contribution in [2.75, 3.05) is 0 Å². The highest BCUT2D eigenvalue weighted by Gasteiger charge is 2.08. The van der Waals surface area contributed by atoms with Gasteiger partial charge in [0.25, 0.3) is 0 Å². The van der Waals surface area contributed by atoms with Crippen LogP contribution >= 0.6 is 23.2 Å². The van der Waals surface area contributed by atoms with E-state index in [2.05, 4.69) is 9.97 Å². The normalized spacial score (nSPS) is 10.1. The van der Waals surface area contributed by atoms with Crippen LogP contribution in [0.4, 0.5) is 0 Å². The molecule has 1 aromatic heterocycles. The van der Waals surface area contributed by atoms with Gasteiger partial charge >= 0.3 is 5.97 Å². The van der Waals surface area contributed by atoms with E-state index in [0.29, 0.717) is 0 Å². The number of carboxylic acids is 1. The summed E-state index contributed by atoms with van der Waals surface area (Å²) < 4.78 is 5.32. The Labute approximate surface area is 112 Å². The van der Waals surface area contributed by atoms with Gasteiger partial charge < -0.3 is 9.84 Å². The van der Waals surface area contributed by atoms with Crippen LogP contribution in [-0.2, 0) is 0 Å². The summed E-state index contributed by atoms with van der Waals surface area (Å²) in [5.74, 6) is -0.697. The Kier molecular flexibility index (Phi) is 3.64. The summed E-state index contributed by atoms with van der Waals surface area (Å²) in [6.07, 6.45) is 2.71. The van der Waals surface area contributed by atoms with Crippen molar-refractivity contribution in [3.63, 3.8) is 0 Å². The quantitative estimate of drug-likeness (QED) is 0.936. The highest BCUT2D eigenvalue weighted by Crippen LogP contribution is 2.25. The number of rotatable bonds is 3. The molecule has 18 heavy (non-hydrogen) atoms. The van der Waals surface area contributed by atoms with Crippen molar-refractivity contribution in [2.24, 2.45) is 0 Å². The smallest absolute Gasteiger partial charge is 0.335 e. The predicted octanol–water partition coefficient (Wildman–Crippen LogP) is 3.27. The molecule has 0 fully saturated rings. The molecule has 2 rings (SSSR count). The Morgan fingerprint density at radius 1 is 1.22 bits per heavy atom. The fraction of sp³-hybridized carbons (Fsp3) is 0. The number of hydrogen-bond acceptors (Lipinski definition) is 4. The zero-order valence-corrected chi connectivity index (χ0v) is 10.3. The SMILES string of the molecule is O=C(O)c1cc(Cl)cc(Oc2cncc(Cl)n2)c1. The van der Waals surface area contributed by atoms with E-state index in [1.165, 1.54) is 30.6 Å². The highest BCUT2D eigenvalue weighted by atomic mass is 35.5. The number of carbonyl (C=O) groups is 1. The minimum Gasteiger partial charge on any atom is -0.478 e. The van der Waals surface area contributed by atoms with Gasteiger partial charge in [0.15, 0.2) is 5.15 Å². The minimum absolute atomic E-state index is 0.0208. The lowest BCUT2D eigenvalue weighted by molar-refractivity contribution is 0.0696. The second-order valence-corrected chi connectivity index (χ2v) is 4.09. The first-order chi connectivity index (χ1) is 8.54. The summed E-state index contributed by atoms with van der Waals surface area (Å²) in [4.78, 5) is 18.5. The molecule has 2 aromatic rings. The van der Waals surface area contributed by atoms with Gasteiger partial charge in [-0.15, -0.1) is 0 Å². The Hall–Kier alpha value is -1.85.